The zero-order valence-electron chi connectivity index (χ0n) is 16.0. The van der Waals surface area contributed by atoms with Crippen molar-refractivity contribution in [2.75, 3.05) is 19.5 Å². The molecule has 0 aromatic heterocycles. The second-order valence-corrected chi connectivity index (χ2v) is 6.17. The predicted molar refractivity (Wildman–Crippen MR) is 109 cm³/mol. The van der Waals surface area contributed by atoms with E-state index < -0.39 is 0 Å². The SMILES string of the molecule is COc1ccc(CCC(=O)Nc2ccc(Oc3ccccc3OC)cc2)cc1. The van der Waals surface area contributed by atoms with Crippen molar-refractivity contribution in [2.45, 2.75) is 12.8 Å². The van der Waals surface area contributed by atoms with Crippen LogP contribution in [-0.2, 0) is 11.2 Å². The molecule has 0 radical (unpaired) electrons. The number of amides is 1. The monoisotopic (exact) mass is 377 g/mol. The maximum absolute atomic E-state index is 12.2. The zero-order valence-corrected chi connectivity index (χ0v) is 16.0. The van der Waals surface area contributed by atoms with Crippen LogP contribution in [-0.4, -0.2) is 20.1 Å². The van der Waals surface area contributed by atoms with Crippen LogP contribution in [0.4, 0.5) is 5.69 Å². The van der Waals surface area contributed by atoms with Crippen LogP contribution in [0.5, 0.6) is 23.0 Å². The van der Waals surface area contributed by atoms with Gasteiger partial charge in [-0.05, 0) is 60.5 Å². The summed E-state index contributed by atoms with van der Waals surface area (Å²) >= 11 is 0. The molecule has 0 aliphatic carbocycles. The number of ether oxygens (including phenoxy) is 3. The summed E-state index contributed by atoms with van der Waals surface area (Å²) < 4.78 is 16.3. The fraction of sp³-hybridized carbons (Fsp3) is 0.174. The first kappa shape index (κ1) is 19.3. The Bertz CT molecular complexity index is 905. The quantitative estimate of drug-likeness (QED) is 0.596. The highest BCUT2D eigenvalue weighted by Gasteiger charge is 2.06. The van der Waals surface area contributed by atoms with Gasteiger partial charge >= 0.3 is 0 Å². The molecule has 0 heterocycles. The fourth-order valence-electron chi connectivity index (χ4n) is 2.71. The maximum Gasteiger partial charge on any atom is 0.224 e. The van der Waals surface area contributed by atoms with E-state index in [0.717, 1.165) is 17.0 Å². The number of anilines is 1. The van der Waals surface area contributed by atoms with Gasteiger partial charge in [-0.15, -0.1) is 0 Å². The van der Waals surface area contributed by atoms with Crippen molar-refractivity contribution in [1.29, 1.82) is 0 Å². The van der Waals surface area contributed by atoms with Crippen LogP contribution in [0.25, 0.3) is 0 Å². The summed E-state index contributed by atoms with van der Waals surface area (Å²) in [4.78, 5) is 12.2. The molecular weight excluding hydrogens is 354 g/mol. The molecule has 0 atom stereocenters. The Labute approximate surface area is 164 Å². The smallest absolute Gasteiger partial charge is 0.224 e. The van der Waals surface area contributed by atoms with Gasteiger partial charge in [0.2, 0.25) is 5.91 Å². The van der Waals surface area contributed by atoms with Crippen molar-refractivity contribution in [1.82, 2.24) is 0 Å². The summed E-state index contributed by atoms with van der Waals surface area (Å²) in [6, 6.07) is 22.4. The lowest BCUT2D eigenvalue weighted by atomic mass is 10.1. The van der Waals surface area contributed by atoms with Crippen LogP contribution in [0.3, 0.4) is 0 Å². The van der Waals surface area contributed by atoms with Crippen LogP contribution >= 0.6 is 0 Å². The van der Waals surface area contributed by atoms with Crippen molar-refractivity contribution in [3.05, 3.63) is 78.4 Å². The van der Waals surface area contributed by atoms with Gasteiger partial charge in [0.15, 0.2) is 11.5 Å². The molecule has 1 amide bonds. The lowest BCUT2D eigenvalue weighted by Crippen LogP contribution is -2.12. The Morgan fingerprint density at radius 1 is 0.786 bits per heavy atom. The number of carbonyl (C=O) groups excluding carboxylic acids is 1. The van der Waals surface area contributed by atoms with Gasteiger partial charge < -0.3 is 19.5 Å². The third kappa shape index (κ3) is 5.27. The minimum absolute atomic E-state index is 0.0331. The highest BCUT2D eigenvalue weighted by atomic mass is 16.5. The van der Waals surface area contributed by atoms with E-state index in [9.17, 15) is 4.79 Å². The molecule has 1 N–H and O–H groups in total. The number of para-hydroxylation sites is 2. The number of hydrogen-bond acceptors (Lipinski definition) is 4. The zero-order chi connectivity index (χ0) is 19.8. The third-order valence-electron chi connectivity index (χ3n) is 4.23. The van der Waals surface area contributed by atoms with E-state index in [1.165, 1.54) is 0 Å². The number of hydrogen-bond donors (Lipinski definition) is 1. The summed E-state index contributed by atoms with van der Waals surface area (Å²) in [5, 5.41) is 2.90. The minimum Gasteiger partial charge on any atom is -0.497 e. The largest absolute Gasteiger partial charge is 0.497 e. The van der Waals surface area contributed by atoms with E-state index >= 15 is 0 Å². The summed E-state index contributed by atoms with van der Waals surface area (Å²) in [5.41, 5.74) is 1.82. The van der Waals surface area contributed by atoms with E-state index in [1.807, 2.05) is 72.8 Å². The van der Waals surface area contributed by atoms with E-state index in [0.29, 0.717) is 30.1 Å². The molecule has 0 spiro atoms. The molecule has 5 nitrogen and oxygen atoms in total. The van der Waals surface area contributed by atoms with E-state index in [1.54, 1.807) is 14.2 Å². The van der Waals surface area contributed by atoms with Crippen LogP contribution in [0.15, 0.2) is 72.8 Å². The van der Waals surface area contributed by atoms with Gasteiger partial charge in [-0.25, -0.2) is 0 Å². The van der Waals surface area contributed by atoms with Gasteiger partial charge in [0.05, 0.1) is 14.2 Å². The van der Waals surface area contributed by atoms with Gasteiger partial charge in [-0.1, -0.05) is 24.3 Å². The molecule has 0 aliphatic heterocycles. The van der Waals surface area contributed by atoms with Crippen LogP contribution in [0, 0.1) is 0 Å². The second kappa shape index (κ2) is 9.46. The van der Waals surface area contributed by atoms with Crippen LogP contribution in [0.2, 0.25) is 0 Å². The molecule has 0 saturated carbocycles. The number of nitrogens with one attached hydrogen (secondary N) is 1. The topological polar surface area (TPSA) is 56.8 Å². The summed E-state index contributed by atoms with van der Waals surface area (Å²) in [6.45, 7) is 0. The Morgan fingerprint density at radius 2 is 1.43 bits per heavy atom. The normalized spacial score (nSPS) is 10.2. The molecule has 3 rings (SSSR count). The number of benzene rings is 3. The van der Waals surface area contributed by atoms with Gasteiger partial charge in [-0.3, -0.25) is 4.79 Å². The van der Waals surface area contributed by atoms with Crippen molar-refractivity contribution in [3.63, 3.8) is 0 Å². The molecule has 3 aromatic carbocycles. The molecule has 0 saturated heterocycles. The Balaban J connectivity index is 1.52. The fourth-order valence-corrected chi connectivity index (χ4v) is 2.71. The minimum atomic E-state index is -0.0331. The van der Waals surface area contributed by atoms with Crippen molar-refractivity contribution < 1.29 is 19.0 Å². The first-order valence-electron chi connectivity index (χ1n) is 9.01. The first-order chi connectivity index (χ1) is 13.7. The number of carbonyl (C=O) groups is 1. The van der Waals surface area contributed by atoms with Crippen LogP contribution in [0.1, 0.15) is 12.0 Å². The van der Waals surface area contributed by atoms with E-state index in [4.69, 9.17) is 14.2 Å². The molecule has 0 bridgehead atoms. The van der Waals surface area contributed by atoms with Gasteiger partial charge in [0, 0.05) is 12.1 Å². The van der Waals surface area contributed by atoms with E-state index in [2.05, 4.69) is 5.32 Å². The highest BCUT2D eigenvalue weighted by molar-refractivity contribution is 5.90. The lowest BCUT2D eigenvalue weighted by Gasteiger charge is -2.11. The molecule has 0 fully saturated rings. The average molecular weight is 377 g/mol. The predicted octanol–water partition coefficient (Wildman–Crippen LogP) is 5.07. The van der Waals surface area contributed by atoms with Gasteiger partial charge in [0.1, 0.15) is 11.5 Å². The molecule has 0 aliphatic rings. The number of aryl methyl sites for hydroxylation is 1. The molecule has 5 heteroatoms. The molecule has 0 unspecified atom stereocenters. The average Bonchev–Trinajstić information content (AvgIpc) is 2.74. The molecular formula is C23H23NO4. The third-order valence-corrected chi connectivity index (χ3v) is 4.23. The molecule has 3 aromatic rings. The maximum atomic E-state index is 12.2. The molecule has 144 valence electrons. The van der Waals surface area contributed by atoms with Crippen LogP contribution < -0.4 is 19.5 Å². The second-order valence-electron chi connectivity index (χ2n) is 6.17. The van der Waals surface area contributed by atoms with Crippen molar-refractivity contribution in [2.24, 2.45) is 0 Å². The molecule has 28 heavy (non-hydrogen) atoms. The summed E-state index contributed by atoms with van der Waals surface area (Å²) in [7, 11) is 3.24. The summed E-state index contributed by atoms with van der Waals surface area (Å²) in [5.74, 6) is 2.75. The van der Waals surface area contributed by atoms with Gasteiger partial charge in [-0.2, -0.15) is 0 Å². The van der Waals surface area contributed by atoms with Crippen molar-refractivity contribution in [3.8, 4) is 23.0 Å². The lowest BCUT2D eigenvalue weighted by molar-refractivity contribution is -0.116. The number of methoxy groups -OCH3 is 2. The van der Waals surface area contributed by atoms with Crippen molar-refractivity contribution >= 4 is 11.6 Å². The Hall–Kier alpha value is -3.47. The summed E-state index contributed by atoms with van der Waals surface area (Å²) in [6.07, 6.45) is 1.08. The Morgan fingerprint density at radius 3 is 2.07 bits per heavy atom. The first-order valence-corrected chi connectivity index (χ1v) is 9.01. The highest BCUT2D eigenvalue weighted by Crippen LogP contribution is 2.31. The van der Waals surface area contributed by atoms with Gasteiger partial charge in [0.25, 0.3) is 0 Å². The number of rotatable bonds is 8. The standard InChI is InChI=1S/C23H23NO4/c1-26-19-12-7-17(8-13-19)9-16-23(25)24-18-10-14-20(15-11-18)28-22-6-4-3-5-21(22)27-2/h3-8,10-15H,9,16H2,1-2H3,(H,24,25). The van der Waals surface area contributed by atoms with E-state index in [-0.39, 0.29) is 5.91 Å². The Kier molecular flexibility index (Phi) is 6.52.